The SMILES string of the molecule is O=C1/C(=C/c2cccc(Cl)c2)S/C(=N/c2nccs2)N1c1ccccc1. The summed E-state index contributed by atoms with van der Waals surface area (Å²) >= 11 is 8.81. The largest absolute Gasteiger partial charge is 0.271 e. The Bertz CT molecular complexity index is 1000. The first-order valence-corrected chi connectivity index (χ1v) is 9.81. The molecule has 1 aromatic heterocycles. The third-order valence-corrected chi connectivity index (χ3v) is 5.45. The normalized spacial score (nSPS) is 17.4. The number of carbonyl (C=O) groups excluding carboxylic acids is 1. The van der Waals surface area contributed by atoms with Gasteiger partial charge in [0.2, 0.25) is 5.13 Å². The van der Waals surface area contributed by atoms with Crippen molar-refractivity contribution in [2.75, 3.05) is 4.90 Å². The van der Waals surface area contributed by atoms with E-state index < -0.39 is 0 Å². The van der Waals surface area contributed by atoms with Gasteiger partial charge in [-0.1, -0.05) is 41.9 Å². The summed E-state index contributed by atoms with van der Waals surface area (Å²) in [6.07, 6.45) is 3.53. The summed E-state index contributed by atoms with van der Waals surface area (Å²) in [6, 6.07) is 16.9. The standard InChI is InChI=1S/C19H12ClN3OS2/c20-14-6-4-5-13(11-14)12-16-17(24)23(15-7-2-1-3-8-15)19(26-16)22-18-21-9-10-25-18/h1-12H/b16-12-,22-19+. The first-order chi connectivity index (χ1) is 12.7. The third kappa shape index (κ3) is 3.58. The summed E-state index contributed by atoms with van der Waals surface area (Å²) in [5.41, 5.74) is 1.65. The van der Waals surface area contributed by atoms with E-state index in [-0.39, 0.29) is 5.91 Å². The predicted octanol–water partition coefficient (Wildman–Crippen LogP) is 5.61. The van der Waals surface area contributed by atoms with Gasteiger partial charge in [-0.25, -0.2) is 4.98 Å². The molecule has 4 rings (SSSR count). The fourth-order valence-electron chi connectivity index (χ4n) is 2.45. The molecule has 26 heavy (non-hydrogen) atoms. The summed E-state index contributed by atoms with van der Waals surface area (Å²) in [5.74, 6) is -0.114. The lowest BCUT2D eigenvalue weighted by atomic mass is 10.2. The Morgan fingerprint density at radius 3 is 2.69 bits per heavy atom. The van der Waals surface area contributed by atoms with Gasteiger partial charge in [0.25, 0.3) is 5.91 Å². The minimum atomic E-state index is -0.114. The van der Waals surface area contributed by atoms with Crippen molar-refractivity contribution in [2.24, 2.45) is 4.99 Å². The number of benzene rings is 2. The van der Waals surface area contributed by atoms with E-state index in [0.717, 1.165) is 11.3 Å². The first-order valence-electron chi connectivity index (χ1n) is 7.73. The Hall–Kier alpha value is -2.41. The number of aliphatic imine (C=N–C) groups is 1. The maximum Gasteiger partial charge on any atom is 0.271 e. The molecule has 3 aromatic rings. The quantitative estimate of drug-likeness (QED) is 0.540. The minimum absolute atomic E-state index is 0.114. The molecule has 0 unspecified atom stereocenters. The van der Waals surface area contributed by atoms with E-state index in [2.05, 4.69) is 9.98 Å². The number of aromatic nitrogens is 1. The van der Waals surface area contributed by atoms with E-state index in [0.29, 0.717) is 20.2 Å². The number of halogens is 1. The van der Waals surface area contributed by atoms with E-state index in [1.54, 1.807) is 17.2 Å². The smallest absolute Gasteiger partial charge is 0.268 e. The van der Waals surface area contributed by atoms with Crippen molar-refractivity contribution in [1.29, 1.82) is 0 Å². The maximum absolute atomic E-state index is 13.0. The zero-order chi connectivity index (χ0) is 17.9. The van der Waals surface area contributed by atoms with Gasteiger partial charge in [0, 0.05) is 16.6 Å². The zero-order valence-electron chi connectivity index (χ0n) is 13.4. The summed E-state index contributed by atoms with van der Waals surface area (Å²) in [4.78, 5) is 24.0. The van der Waals surface area contributed by atoms with Gasteiger partial charge in [-0.15, -0.1) is 11.3 Å². The highest BCUT2D eigenvalue weighted by Gasteiger charge is 2.34. The van der Waals surface area contributed by atoms with Crippen LogP contribution in [0, 0.1) is 0 Å². The van der Waals surface area contributed by atoms with E-state index in [1.807, 2.05) is 60.0 Å². The number of thiazole rings is 1. The molecule has 1 saturated heterocycles. The van der Waals surface area contributed by atoms with Crippen LogP contribution < -0.4 is 4.90 Å². The van der Waals surface area contributed by atoms with Crippen LogP contribution in [0.3, 0.4) is 0 Å². The summed E-state index contributed by atoms with van der Waals surface area (Å²) in [6.45, 7) is 0. The van der Waals surface area contributed by atoms with Crippen LogP contribution in [0.1, 0.15) is 5.56 Å². The van der Waals surface area contributed by atoms with Crippen LogP contribution in [0.4, 0.5) is 10.8 Å². The molecule has 0 radical (unpaired) electrons. The number of nitrogens with zero attached hydrogens (tertiary/aromatic N) is 3. The van der Waals surface area contributed by atoms with Crippen molar-refractivity contribution in [2.45, 2.75) is 0 Å². The Labute approximate surface area is 163 Å². The average molecular weight is 398 g/mol. The molecular formula is C19H12ClN3OS2. The van der Waals surface area contributed by atoms with Gasteiger partial charge in [-0.05, 0) is 47.7 Å². The van der Waals surface area contributed by atoms with Gasteiger partial charge in [0.05, 0.1) is 10.6 Å². The summed E-state index contributed by atoms with van der Waals surface area (Å²) in [5, 5.41) is 3.69. The second-order valence-corrected chi connectivity index (χ2v) is 7.67. The Balaban J connectivity index is 1.76. The van der Waals surface area contributed by atoms with Gasteiger partial charge in [-0.3, -0.25) is 9.69 Å². The molecule has 0 spiro atoms. The molecule has 2 heterocycles. The van der Waals surface area contributed by atoms with Crippen molar-refractivity contribution in [3.63, 3.8) is 0 Å². The second kappa shape index (κ2) is 7.45. The number of carbonyl (C=O) groups is 1. The molecule has 1 fully saturated rings. The molecular weight excluding hydrogens is 386 g/mol. The monoisotopic (exact) mass is 397 g/mol. The van der Waals surface area contributed by atoms with Crippen molar-refractivity contribution in [1.82, 2.24) is 4.98 Å². The Morgan fingerprint density at radius 1 is 1.12 bits per heavy atom. The van der Waals surface area contributed by atoms with Gasteiger partial charge in [0.15, 0.2) is 5.17 Å². The Kier molecular flexibility index (Phi) is 4.88. The van der Waals surface area contributed by atoms with Crippen LogP contribution in [-0.2, 0) is 4.79 Å². The molecule has 1 aliphatic heterocycles. The molecule has 7 heteroatoms. The lowest BCUT2D eigenvalue weighted by molar-refractivity contribution is -0.113. The van der Waals surface area contributed by atoms with Crippen LogP contribution in [0.15, 0.2) is 76.1 Å². The predicted molar refractivity (Wildman–Crippen MR) is 110 cm³/mol. The first kappa shape index (κ1) is 17.0. The number of amides is 1. The van der Waals surface area contributed by atoms with Gasteiger partial charge < -0.3 is 0 Å². The zero-order valence-corrected chi connectivity index (χ0v) is 15.8. The van der Waals surface area contributed by atoms with Crippen LogP contribution >= 0.6 is 34.7 Å². The fraction of sp³-hybridized carbons (Fsp3) is 0. The number of hydrogen-bond donors (Lipinski definition) is 0. The van der Waals surface area contributed by atoms with Crippen LogP contribution in [0.25, 0.3) is 6.08 Å². The lowest BCUT2D eigenvalue weighted by Crippen LogP contribution is -2.28. The van der Waals surface area contributed by atoms with Crippen molar-refractivity contribution in [3.05, 3.63) is 81.7 Å². The molecule has 0 atom stereocenters. The Morgan fingerprint density at radius 2 is 1.96 bits per heavy atom. The molecule has 0 saturated carbocycles. The number of para-hydroxylation sites is 1. The number of hydrogen-bond acceptors (Lipinski definition) is 5. The van der Waals surface area contributed by atoms with E-state index in [9.17, 15) is 4.79 Å². The molecule has 1 amide bonds. The second-order valence-electron chi connectivity index (χ2n) is 5.35. The van der Waals surface area contributed by atoms with Gasteiger partial charge >= 0.3 is 0 Å². The van der Waals surface area contributed by atoms with Crippen molar-refractivity contribution in [3.8, 4) is 0 Å². The maximum atomic E-state index is 13.0. The molecule has 2 aromatic carbocycles. The molecule has 128 valence electrons. The van der Waals surface area contributed by atoms with Crippen LogP contribution in [0.5, 0.6) is 0 Å². The van der Waals surface area contributed by atoms with Crippen LogP contribution in [0.2, 0.25) is 5.02 Å². The highest BCUT2D eigenvalue weighted by atomic mass is 35.5. The van der Waals surface area contributed by atoms with Crippen molar-refractivity contribution >= 4 is 62.7 Å². The third-order valence-electron chi connectivity index (χ3n) is 3.58. The topological polar surface area (TPSA) is 45.6 Å². The van der Waals surface area contributed by atoms with E-state index in [1.165, 1.54) is 23.1 Å². The number of amidine groups is 1. The average Bonchev–Trinajstić information content (AvgIpc) is 3.25. The molecule has 0 N–H and O–H groups in total. The van der Waals surface area contributed by atoms with Crippen LogP contribution in [-0.4, -0.2) is 16.1 Å². The molecule has 1 aliphatic rings. The van der Waals surface area contributed by atoms with Gasteiger partial charge in [-0.2, -0.15) is 4.99 Å². The number of rotatable bonds is 3. The number of anilines is 1. The molecule has 0 bridgehead atoms. The molecule has 0 aliphatic carbocycles. The fourth-order valence-corrected chi connectivity index (χ4v) is 4.20. The number of thioether (sulfide) groups is 1. The van der Waals surface area contributed by atoms with Crippen molar-refractivity contribution < 1.29 is 4.79 Å². The van der Waals surface area contributed by atoms with E-state index in [4.69, 9.17) is 11.6 Å². The summed E-state index contributed by atoms with van der Waals surface area (Å²) < 4.78 is 0. The lowest BCUT2D eigenvalue weighted by Gasteiger charge is -2.14. The van der Waals surface area contributed by atoms with Gasteiger partial charge in [0.1, 0.15) is 0 Å². The molecule has 4 nitrogen and oxygen atoms in total. The summed E-state index contributed by atoms with van der Waals surface area (Å²) in [7, 11) is 0. The highest BCUT2D eigenvalue weighted by Crippen LogP contribution is 2.37. The minimum Gasteiger partial charge on any atom is -0.268 e. The highest BCUT2D eigenvalue weighted by molar-refractivity contribution is 8.19. The van der Waals surface area contributed by atoms with E-state index >= 15 is 0 Å².